The lowest BCUT2D eigenvalue weighted by atomic mass is 9.94. The number of anilines is 1. The number of aliphatic hydroxyl groups excluding tert-OH is 1. The molecule has 0 saturated carbocycles. The average Bonchev–Trinajstić information content (AvgIpc) is 2.99. The molecule has 0 amide bonds. The molecule has 0 aliphatic carbocycles. The quantitative estimate of drug-likeness (QED) is 0.934. The van der Waals surface area contributed by atoms with Gasteiger partial charge in [0.2, 0.25) is 0 Å². The first-order valence-electron chi connectivity index (χ1n) is 7.50. The van der Waals surface area contributed by atoms with E-state index in [0.717, 1.165) is 12.1 Å². The summed E-state index contributed by atoms with van der Waals surface area (Å²) in [6.45, 7) is 2.82. The number of hydrogen-bond donors (Lipinski definition) is 1. The zero-order chi connectivity index (χ0) is 14.7. The third-order valence-electron chi connectivity index (χ3n) is 4.10. The molecule has 2 aromatic rings. The fourth-order valence-corrected chi connectivity index (χ4v) is 2.86. The van der Waals surface area contributed by atoms with E-state index in [4.69, 9.17) is 4.84 Å². The Balaban J connectivity index is 1.92. The van der Waals surface area contributed by atoms with Crippen LogP contribution in [0, 0.1) is 5.92 Å². The van der Waals surface area contributed by atoms with Crippen LogP contribution in [-0.2, 0) is 11.3 Å². The van der Waals surface area contributed by atoms with Gasteiger partial charge in [0.25, 0.3) is 0 Å². The summed E-state index contributed by atoms with van der Waals surface area (Å²) in [7, 11) is 0. The van der Waals surface area contributed by atoms with Crippen molar-refractivity contribution in [3.8, 4) is 0 Å². The van der Waals surface area contributed by atoms with E-state index in [9.17, 15) is 5.11 Å². The molecule has 1 saturated heterocycles. The molecule has 0 bridgehead atoms. The highest BCUT2D eigenvalue weighted by molar-refractivity contribution is 5.48. The molecule has 3 rings (SSSR count). The lowest BCUT2D eigenvalue weighted by Crippen LogP contribution is -2.25. The Labute approximate surface area is 125 Å². The highest BCUT2D eigenvalue weighted by Crippen LogP contribution is 2.38. The second kappa shape index (κ2) is 6.29. The lowest BCUT2D eigenvalue weighted by Gasteiger charge is -2.27. The van der Waals surface area contributed by atoms with Crippen LogP contribution in [0.2, 0.25) is 0 Å². The van der Waals surface area contributed by atoms with Crippen molar-refractivity contribution in [3.05, 3.63) is 65.7 Å². The third-order valence-corrected chi connectivity index (χ3v) is 4.10. The lowest BCUT2D eigenvalue weighted by molar-refractivity contribution is 0.141. The molecule has 2 aromatic carbocycles. The van der Waals surface area contributed by atoms with E-state index in [1.165, 1.54) is 11.1 Å². The zero-order valence-corrected chi connectivity index (χ0v) is 12.3. The van der Waals surface area contributed by atoms with Gasteiger partial charge in [-0.3, -0.25) is 4.84 Å². The molecule has 1 aliphatic heterocycles. The minimum atomic E-state index is 0.0590. The molecule has 0 aromatic heterocycles. The van der Waals surface area contributed by atoms with E-state index in [0.29, 0.717) is 6.61 Å². The fourth-order valence-electron chi connectivity index (χ4n) is 2.86. The number of nitrogens with zero attached hydrogens (tertiary/aromatic N) is 1. The maximum absolute atomic E-state index is 9.64. The molecule has 110 valence electrons. The van der Waals surface area contributed by atoms with E-state index in [-0.39, 0.29) is 18.6 Å². The van der Waals surface area contributed by atoms with Crippen LogP contribution >= 0.6 is 0 Å². The summed E-state index contributed by atoms with van der Waals surface area (Å²) in [6, 6.07) is 18.8. The van der Waals surface area contributed by atoms with E-state index in [1.807, 2.05) is 23.3 Å². The Hall–Kier alpha value is -1.84. The summed E-state index contributed by atoms with van der Waals surface area (Å²) in [6.07, 6.45) is 1.03. The summed E-state index contributed by atoms with van der Waals surface area (Å²) < 4.78 is 0. The standard InChI is InChI=1S/C18H21NO2/c1-2-14-8-10-17(11-9-14)19-18(16(12-20)13-21-19)15-6-4-3-5-7-15/h3-11,16,18,20H,2,12-13H2,1H3. The molecule has 1 heterocycles. The molecule has 0 radical (unpaired) electrons. The number of aliphatic hydroxyl groups is 1. The maximum Gasteiger partial charge on any atom is 0.0888 e. The van der Waals surface area contributed by atoms with Crippen molar-refractivity contribution in [1.29, 1.82) is 0 Å². The van der Waals surface area contributed by atoms with Gasteiger partial charge in [-0.25, -0.2) is 5.06 Å². The summed E-state index contributed by atoms with van der Waals surface area (Å²) in [4.78, 5) is 5.86. The number of benzene rings is 2. The summed E-state index contributed by atoms with van der Waals surface area (Å²) in [5, 5.41) is 11.6. The first-order valence-corrected chi connectivity index (χ1v) is 7.50. The Morgan fingerprint density at radius 2 is 1.81 bits per heavy atom. The van der Waals surface area contributed by atoms with Crippen molar-refractivity contribution in [2.24, 2.45) is 5.92 Å². The summed E-state index contributed by atoms with van der Waals surface area (Å²) in [5.74, 6) is 0.0956. The van der Waals surface area contributed by atoms with Gasteiger partial charge in [-0.05, 0) is 29.7 Å². The molecular weight excluding hydrogens is 262 g/mol. The van der Waals surface area contributed by atoms with Crippen LogP contribution < -0.4 is 5.06 Å². The Morgan fingerprint density at radius 3 is 2.43 bits per heavy atom. The predicted molar refractivity (Wildman–Crippen MR) is 84.0 cm³/mol. The number of hydroxylamine groups is 1. The molecule has 0 spiro atoms. The normalized spacial score (nSPS) is 21.7. The van der Waals surface area contributed by atoms with Gasteiger partial charge in [0.1, 0.15) is 0 Å². The van der Waals surface area contributed by atoms with Gasteiger partial charge in [0.15, 0.2) is 0 Å². The molecule has 2 unspecified atom stereocenters. The first-order chi connectivity index (χ1) is 10.3. The van der Waals surface area contributed by atoms with Crippen molar-refractivity contribution in [2.45, 2.75) is 19.4 Å². The second-order valence-electron chi connectivity index (χ2n) is 5.44. The topological polar surface area (TPSA) is 32.7 Å². The predicted octanol–water partition coefficient (Wildman–Crippen LogP) is 3.35. The van der Waals surface area contributed by atoms with Crippen LogP contribution in [0.4, 0.5) is 5.69 Å². The largest absolute Gasteiger partial charge is 0.396 e. The fraction of sp³-hybridized carbons (Fsp3) is 0.333. The highest BCUT2D eigenvalue weighted by atomic mass is 16.7. The monoisotopic (exact) mass is 283 g/mol. The first kappa shape index (κ1) is 14.1. The average molecular weight is 283 g/mol. The minimum absolute atomic E-state index is 0.0590. The zero-order valence-electron chi connectivity index (χ0n) is 12.3. The molecule has 1 aliphatic rings. The van der Waals surface area contributed by atoms with Crippen LogP contribution in [-0.4, -0.2) is 18.3 Å². The van der Waals surface area contributed by atoms with Crippen molar-refractivity contribution in [3.63, 3.8) is 0 Å². The maximum atomic E-state index is 9.64. The van der Waals surface area contributed by atoms with Gasteiger partial charge in [-0.15, -0.1) is 0 Å². The minimum Gasteiger partial charge on any atom is -0.396 e. The van der Waals surface area contributed by atoms with Crippen LogP contribution in [0.5, 0.6) is 0 Å². The van der Waals surface area contributed by atoms with E-state index >= 15 is 0 Å². The van der Waals surface area contributed by atoms with E-state index in [1.54, 1.807) is 0 Å². The molecule has 1 N–H and O–H groups in total. The van der Waals surface area contributed by atoms with Gasteiger partial charge in [-0.2, -0.15) is 0 Å². The third kappa shape index (κ3) is 2.80. The Bertz CT molecular complexity index is 568. The van der Waals surface area contributed by atoms with Gasteiger partial charge in [0.05, 0.1) is 24.9 Å². The van der Waals surface area contributed by atoms with Crippen LogP contribution in [0.25, 0.3) is 0 Å². The van der Waals surface area contributed by atoms with Gasteiger partial charge < -0.3 is 5.11 Å². The SMILES string of the molecule is CCc1ccc(N2OCC(CO)C2c2ccccc2)cc1. The molecule has 3 nitrogen and oxygen atoms in total. The smallest absolute Gasteiger partial charge is 0.0888 e. The van der Waals surface area contributed by atoms with Gasteiger partial charge >= 0.3 is 0 Å². The Morgan fingerprint density at radius 1 is 1.10 bits per heavy atom. The Kier molecular flexibility index (Phi) is 4.23. The molecule has 1 fully saturated rings. The van der Waals surface area contributed by atoms with E-state index < -0.39 is 0 Å². The van der Waals surface area contributed by atoms with Crippen molar-refractivity contribution in [2.75, 3.05) is 18.3 Å². The van der Waals surface area contributed by atoms with Crippen molar-refractivity contribution < 1.29 is 9.94 Å². The molecule has 3 heteroatoms. The van der Waals surface area contributed by atoms with Gasteiger partial charge in [0, 0.05) is 5.92 Å². The van der Waals surface area contributed by atoms with Crippen molar-refractivity contribution in [1.82, 2.24) is 0 Å². The molecular formula is C18H21NO2. The van der Waals surface area contributed by atoms with Crippen LogP contribution in [0.15, 0.2) is 54.6 Å². The summed E-state index contributed by atoms with van der Waals surface area (Å²) >= 11 is 0. The van der Waals surface area contributed by atoms with Gasteiger partial charge in [-0.1, -0.05) is 49.4 Å². The second-order valence-corrected chi connectivity index (χ2v) is 5.44. The molecule has 2 atom stereocenters. The number of rotatable bonds is 4. The highest BCUT2D eigenvalue weighted by Gasteiger charge is 2.36. The number of aryl methyl sites for hydroxylation is 1. The molecule has 21 heavy (non-hydrogen) atoms. The van der Waals surface area contributed by atoms with E-state index in [2.05, 4.69) is 43.3 Å². The van der Waals surface area contributed by atoms with Crippen LogP contribution in [0.3, 0.4) is 0 Å². The van der Waals surface area contributed by atoms with Crippen LogP contribution in [0.1, 0.15) is 24.1 Å². The summed E-state index contributed by atoms with van der Waals surface area (Å²) in [5.41, 5.74) is 3.53. The number of hydrogen-bond acceptors (Lipinski definition) is 3. The van der Waals surface area contributed by atoms with Crippen molar-refractivity contribution >= 4 is 5.69 Å².